The number of halogens is 1. The molecule has 20 heavy (non-hydrogen) atoms. The summed E-state index contributed by atoms with van der Waals surface area (Å²) in [5, 5.41) is 4.03. The van der Waals surface area contributed by atoms with Gasteiger partial charge >= 0.3 is 0 Å². The third-order valence-corrected chi connectivity index (χ3v) is 3.03. The fourth-order valence-electron chi connectivity index (χ4n) is 1.89. The predicted molar refractivity (Wildman–Crippen MR) is 85.0 cm³/mol. The molecule has 0 amide bonds. The molecule has 0 aliphatic carbocycles. The van der Waals surface area contributed by atoms with Gasteiger partial charge in [0.2, 0.25) is 0 Å². The number of nitrogens with one attached hydrogen (secondary N) is 1. The Kier molecular flexibility index (Phi) is 6.80. The van der Waals surface area contributed by atoms with Gasteiger partial charge in [0.15, 0.2) is 0 Å². The monoisotopic (exact) mass is 299 g/mol. The van der Waals surface area contributed by atoms with Gasteiger partial charge in [-0.25, -0.2) is 0 Å². The van der Waals surface area contributed by atoms with Crippen molar-refractivity contribution in [2.24, 2.45) is 0 Å². The first kappa shape index (κ1) is 17.3. The largest absolute Gasteiger partial charge is 0.489 e. The Labute approximate surface area is 127 Å². The highest BCUT2D eigenvalue weighted by atomic mass is 35.5. The van der Waals surface area contributed by atoms with Crippen molar-refractivity contribution in [2.45, 2.75) is 40.2 Å². The zero-order valence-corrected chi connectivity index (χ0v) is 13.9. The normalized spacial score (nSPS) is 11.7. The van der Waals surface area contributed by atoms with Crippen LogP contribution in [0, 0.1) is 13.8 Å². The molecule has 1 rings (SSSR count). The van der Waals surface area contributed by atoms with E-state index in [2.05, 4.69) is 32.2 Å². The third kappa shape index (κ3) is 6.60. The van der Waals surface area contributed by atoms with Crippen molar-refractivity contribution in [1.29, 1.82) is 0 Å². The standard InChI is InChI=1S/C16H26ClNO2/c1-12-10-13(2)15(14(17)11-12)20-9-8-19-7-6-18-16(3,4)5/h10-11,18H,6-9H2,1-5H3. The van der Waals surface area contributed by atoms with E-state index < -0.39 is 0 Å². The summed E-state index contributed by atoms with van der Waals surface area (Å²) in [5.74, 6) is 0.758. The van der Waals surface area contributed by atoms with Crippen molar-refractivity contribution in [2.75, 3.05) is 26.4 Å². The van der Waals surface area contributed by atoms with Crippen molar-refractivity contribution in [1.82, 2.24) is 5.32 Å². The first-order chi connectivity index (χ1) is 9.29. The molecule has 0 bridgehead atoms. The first-order valence-electron chi connectivity index (χ1n) is 7.02. The van der Waals surface area contributed by atoms with E-state index in [1.807, 2.05) is 19.9 Å². The summed E-state index contributed by atoms with van der Waals surface area (Å²) in [5.41, 5.74) is 2.33. The molecule has 0 atom stereocenters. The molecule has 0 radical (unpaired) electrons. The quantitative estimate of drug-likeness (QED) is 0.778. The van der Waals surface area contributed by atoms with Gasteiger partial charge in [-0.1, -0.05) is 17.7 Å². The predicted octanol–water partition coefficient (Wildman–Crippen LogP) is 3.74. The van der Waals surface area contributed by atoms with Crippen molar-refractivity contribution in [3.63, 3.8) is 0 Å². The maximum absolute atomic E-state index is 6.17. The maximum atomic E-state index is 6.17. The van der Waals surface area contributed by atoms with Gasteiger partial charge in [-0.05, 0) is 51.8 Å². The van der Waals surface area contributed by atoms with Gasteiger partial charge in [-0.2, -0.15) is 0 Å². The highest BCUT2D eigenvalue weighted by molar-refractivity contribution is 6.32. The van der Waals surface area contributed by atoms with Gasteiger partial charge in [-0.15, -0.1) is 0 Å². The van der Waals surface area contributed by atoms with Gasteiger partial charge in [0.05, 0.1) is 18.2 Å². The topological polar surface area (TPSA) is 30.5 Å². The van der Waals surface area contributed by atoms with Crippen LogP contribution in [0.15, 0.2) is 12.1 Å². The molecule has 1 aromatic rings. The van der Waals surface area contributed by atoms with Crippen LogP contribution in [0.1, 0.15) is 31.9 Å². The molecule has 4 heteroatoms. The second-order valence-corrected chi connectivity index (χ2v) is 6.44. The number of hydrogen-bond acceptors (Lipinski definition) is 3. The summed E-state index contributed by atoms with van der Waals surface area (Å²) < 4.78 is 11.2. The highest BCUT2D eigenvalue weighted by Gasteiger charge is 2.08. The molecule has 0 saturated carbocycles. The van der Waals surface area contributed by atoms with Crippen molar-refractivity contribution >= 4 is 11.6 Å². The van der Waals surface area contributed by atoms with Crippen LogP contribution in [0.25, 0.3) is 0 Å². The summed E-state index contributed by atoms with van der Waals surface area (Å²) in [6, 6.07) is 3.98. The van der Waals surface area contributed by atoms with Crippen molar-refractivity contribution in [3.05, 3.63) is 28.3 Å². The van der Waals surface area contributed by atoms with Crippen LogP contribution < -0.4 is 10.1 Å². The van der Waals surface area contributed by atoms with E-state index in [0.717, 1.165) is 23.4 Å². The molecule has 0 heterocycles. The lowest BCUT2D eigenvalue weighted by Crippen LogP contribution is -2.38. The van der Waals surface area contributed by atoms with Gasteiger partial charge in [0.1, 0.15) is 12.4 Å². The van der Waals surface area contributed by atoms with Crippen LogP contribution in [0.2, 0.25) is 5.02 Å². The van der Waals surface area contributed by atoms with Crippen LogP contribution in [-0.4, -0.2) is 31.9 Å². The van der Waals surface area contributed by atoms with Crippen molar-refractivity contribution < 1.29 is 9.47 Å². The molecule has 114 valence electrons. The average Bonchev–Trinajstić information content (AvgIpc) is 2.29. The minimum absolute atomic E-state index is 0.131. The summed E-state index contributed by atoms with van der Waals surface area (Å²) in [7, 11) is 0. The van der Waals surface area contributed by atoms with Crippen LogP contribution in [0.3, 0.4) is 0 Å². The molecule has 0 spiro atoms. The Hall–Kier alpha value is -0.770. The highest BCUT2D eigenvalue weighted by Crippen LogP contribution is 2.29. The van der Waals surface area contributed by atoms with E-state index in [4.69, 9.17) is 21.1 Å². The van der Waals surface area contributed by atoms with E-state index in [1.54, 1.807) is 0 Å². The lowest BCUT2D eigenvalue weighted by atomic mass is 10.1. The fraction of sp³-hybridized carbons (Fsp3) is 0.625. The zero-order chi connectivity index (χ0) is 15.2. The van der Waals surface area contributed by atoms with E-state index in [1.165, 1.54) is 0 Å². The summed E-state index contributed by atoms with van der Waals surface area (Å²) >= 11 is 6.17. The van der Waals surface area contributed by atoms with Gasteiger partial charge < -0.3 is 14.8 Å². The zero-order valence-electron chi connectivity index (χ0n) is 13.2. The first-order valence-corrected chi connectivity index (χ1v) is 7.40. The van der Waals surface area contributed by atoms with Gasteiger partial charge in [-0.3, -0.25) is 0 Å². The summed E-state index contributed by atoms with van der Waals surface area (Å²) in [4.78, 5) is 0. The number of benzene rings is 1. The van der Waals surface area contributed by atoms with E-state index >= 15 is 0 Å². The van der Waals surface area contributed by atoms with Crippen LogP contribution >= 0.6 is 11.6 Å². The minimum atomic E-state index is 0.131. The number of rotatable bonds is 7. The Bertz CT molecular complexity index is 404. The Balaban J connectivity index is 2.22. The lowest BCUT2D eigenvalue weighted by molar-refractivity contribution is 0.0983. The van der Waals surface area contributed by atoms with E-state index in [9.17, 15) is 0 Å². The molecular weight excluding hydrogens is 274 g/mol. The number of ether oxygens (including phenoxy) is 2. The third-order valence-electron chi connectivity index (χ3n) is 2.75. The van der Waals surface area contributed by atoms with Crippen LogP contribution in [-0.2, 0) is 4.74 Å². The molecule has 0 aliphatic heterocycles. The minimum Gasteiger partial charge on any atom is -0.489 e. The Morgan fingerprint density at radius 3 is 2.40 bits per heavy atom. The number of aryl methyl sites for hydroxylation is 2. The Morgan fingerprint density at radius 1 is 1.10 bits per heavy atom. The average molecular weight is 300 g/mol. The molecule has 1 N–H and O–H groups in total. The molecule has 3 nitrogen and oxygen atoms in total. The molecule has 0 aromatic heterocycles. The molecule has 0 saturated heterocycles. The van der Waals surface area contributed by atoms with Gasteiger partial charge in [0, 0.05) is 12.1 Å². The SMILES string of the molecule is Cc1cc(C)c(OCCOCCNC(C)(C)C)c(Cl)c1. The second-order valence-electron chi connectivity index (χ2n) is 6.03. The molecule has 0 aliphatic rings. The number of hydrogen-bond donors (Lipinski definition) is 1. The van der Waals surface area contributed by atoms with E-state index in [-0.39, 0.29) is 5.54 Å². The molecule has 0 fully saturated rings. The molecule has 0 unspecified atom stereocenters. The van der Waals surface area contributed by atoms with Gasteiger partial charge in [0.25, 0.3) is 0 Å². The van der Waals surface area contributed by atoms with E-state index in [0.29, 0.717) is 24.8 Å². The van der Waals surface area contributed by atoms with Crippen LogP contribution in [0.5, 0.6) is 5.75 Å². The fourth-order valence-corrected chi connectivity index (χ4v) is 2.26. The lowest BCUT2D eigenvalue weighted by Gasteiger charge is -2.20. The van der Waals surface area contributed by atoms with Crippen molar-refractivity contribution in [3.8, 4) is 5.75 Å². The maximum Gasteiger partial charge on any atom is 0.140 e. The molecular formula is C16H26ClNO2. The second kappa shape index (κ2) is 7.87. The summed E-state index contributed by atoms with van der Waals surface area (Å²) in [6.45, 7) is 13.0. The molecule has 1 aromatic carbocycles. The van der Waals surface area contributed by atoms with Crippen LogP contribution in [0.4, 0.5) is 0 Å². The Morgan fingerprint density at radius 2 is 1.80 bits per heavy atom. The smallest absolute Gasteiger partial charge is 0.140 e. The summed E-state index contributed by atoms with van der Waals surface area (Å²) in [6.07, 6.45) is 0.